The Balaban J connectivity index is 1.83. The van der Waals surface area contributed by atoms with Crippen molar-refractivity contribution < 1.29 is 36.5 Å². The summed E-state index contributed by atoms with van der Waals surface area (Å²) in [5.74, 6) is 9.97. The molecule has 15 nitrogen and oxygen atoms in total. The van der Waals surface area contributed by atoms with E-state index in [-0.39, 0.29) is 41.5 Å². The highest BCUT2D eigenvalue weighted by molar-refractivity contribution is 7.86. The molecule has 0 amide bonds. The lowest BCUT2D eigenvalue weighted by Gasteiger charge is -2.13. The van der Waals surface area contributed by atoms with Crippen molar-refractivity contribution in [3.8, 4) is 17.2 Å². The molecule has 7 N–H and O–H groups in total. The second-order valence-electron chi connectivity index (χ2n) is 8.54. The summed E-state index contributed by atoms with van der Waals surface area (Å²) in [6.45, 7) is 3.98. The van der Waals surface area contributed by atoms with Crippen LogP contribution in [0.4, 0.5) is 28.4 Å². The SMILES string of the molecule is CCOc1cc(N=Nc2c(S(=O)(=O)ON)cc3ccc(N)cc3c2O)c(OCC)cc1N=Nc1cccc([P+](=O)ON)c1. The molecule has 0 heterocycles. The van der Waals surface area contributed by atoms with Gasteiger partial charge in [-0.3, -0.25) is 0 Å². The first-order valence-electron chi connectivity index (χ1n) is 12.5. The number of aromatic hydroxyl groups is 1. The summed E-state index contributed by atoms with van der Waals surface area (Å²) in [7, 11) is -6.78. The van der Waals surface area contributed by atoms with Crippen LogP contribution in [-0.4, -0.2) is 26.7 Å². The number of rotatable bonds is 12. The molecule has 224 valence electrons. The Kier molecular flexibility index (Phi) is 9.92. The molecule has 1 atom stereocenters. The Morgan fingerprint density at radius 2 is 1.51 bits per heavy atom. The van der Waals surface area contributed by atoms with E-state index in [0.29, 0.717) is 22.1 Å². The summed E-state index contributed by atoms with van der Waals surface area (Å²) in [5.41, 5.74) is 6.50. The number of hydrogen-bond acceptors (Lipinski definition) is 15. The van der Waals surface area contributed by atoms with Gasteiger partial charge in [-0.05, 0) is 58.8 Å². The van der Waals surface area contributed by atoms with E-state index in [9.17, 15) is 18.1 Å². The van der Waals surface area contributed by atoms with Crippen molar-refractivity contribution in [2.24, 2.45) is 32.3 Å². The van der Waals surface area contributed by atoms with Crippen LogP contribution >= 0.6 is 8.03 Å². The second-order valence-corrected chi connectivity index (χ2v) is 11.3. The highest BCUT2D eigenvalue weighted by Crippen LogP contribution is 2.45. The fourth-order valence-electron chi connectivity index (χ4n) is 3.88. The molecule has 4 aromatic carbocycles. The number of nitrogens with two attached hydrogens (primary N) is 3. The zero-order chi connectivity index (χ0) is 31.1. The van der Waals surface area contributed by atoms with Gasteiger partial charge in [0.15, 0.2) is 5.75 Å². The number of nitrogens with zero attached hydrogens (tertiary/aromatic N) is 4. The first-order valence-corrected chi connectivity index (χ1v) is 15.1. The number of nitrogen functional groups attached to an aromatic ring is 1. The topological polar surface area (TPSA) is 236 Å². The first-order chi connectivity index (χ1) is 20.6. The third-order valence-corrected chi connectivity index (χ3v) is 7.77. The molecule has 0 aliphatic heterocycles. The second kappa shape index (κ2) is 13.6. The number of anilines is 1. The van der Waals surface area contributed by atoms with E-state index >= 15 is 0 Å². The Morgan fingerprint density at radius 3 is 2.12 bits per heavy atom. The fraction of sp³-hybridized carbons (Fsp3) is 0.154. The number of benzene rings is 4. The normalized spacial score (nSPS) is 12.3. The molecule has 17 heteroatoms. The van der Waals surface area contributed by atoms with Crippen LogP contribution in [0.25, 0.3) is 10.8 Å². The lowest BCUT2D eigenvalue weighted by Crippen LogP contribution is -2.11. The standard InChI is InChI=1S/C26H26N7O8PS/c1-3-38-22-14-21(23(39-4-2)13-20(22)31-30-17-6-5-7-18(12-17)42(35)40-28)32-33-25-24(43(36,37)41-29)10-15-8-9-16(27)11-19(15)26(25)34/h5-14H,3-4,28-29H2,1-2H3,(H2-,27,30,31,32,33,34)/p+1. The molecule has 43 heavy (non-hydrogen) atoms. The zero-order valence-electron chi connectivity index (χ0n) is 22.9. The maximum atomic E-state index is 12.6. The average molecular weight is 629 g/mol. The van der Waals surface area contributed by atoms with E-state index in [1.165, 1.54) is 42.5 Å². The molecule has 0 saturated carbocycles. The zero-order valence-corrected chi connectivity index (χ0v) is 24.6. The smallest absolute Gasteiger partial charge is 0.505 e. The Hall–Kier alpha value is -4.57. The van der Waals surface area contributed by atoms with E-state index in [1.54, 1.807) is 32.0 Å². The minimum atomic E-state index is -4.53. The maximum absolute atomic E-state index is 12.6. The summed E-state index contributed by atoms with van der Waals surface area (Å²) in [4.78, 5) is -0.522. The summed E-state index contributed by atoms with van der Waals surface area (Å²) in [5, 5.41) is 28.6. The van der Waals surface area contributed by atoms with E-state index in [1.807, 2.05) is 0 Å². The van der Waals surface area contributed by atoms with Crippen LogP contribution in [-0.2, 0) is 23.6 Å². The van der Waals surface area contributed by atoms with Crippen LogP contribution in [0, 0.1) is 0 Å². The van der Waals surface area contributed by atoms with Crippen molar-refractivity contribution in [2.45, 2.75) is 18.7 Å². The van der Waals surface area contributed by atoms with Crippen LogP contribution in [0.15, 0.2) is 86.0 Å². The minimum absolute atomic E-state index is 0.118. The van der Waals surface area contributed by atoms with Crippen LogP contribution in [0.1, 0.15) is 13.8 Å². The molecule has 4 rings (SSSR count). The maximum Gasteiger partial charge on any atom is 0.567 e. The summed E-state index contributed by atoms with van der Waals surface area (Å²) in [6.07, 6.45) is 0. The summed E-state index contributed by atoms with van der Waals surface area (Å²) >= 11 is 0. The van der Waals surface area contributed by atoms with Gasteiger partial charge in [0.2, 0.25) is 5.30 Å². The molecule has 4 aromatic rings. The van der Waals surface area contributed by atoms with Gasteiger partial charge in [0.05, 0.1) is 18.9 Å². The third-order valence-electron chi connectivity index (χ3n) is 5.78. The number of hydrogen-bond donors (Lipinski definition) is 4. The van der Waals surface area contributed by atoms with E-state index in [0.717, 1.165) is 0 Å². The lowest BCUT2D eigenvalue weighted by molar-refractivity contribution is 0.332. The van der Waals surface area contributed by atoms with Gasteiger partial charge in [-0.15, -0.1) is 15.3 Å². The van der Waals surface area contributed by atoms with Gasteiger partial charge >= 0.3 is 18.1 Å². The van der Waals surface area contributed by atoms with E-state index in [2.05, 4.69) is 29.4 Å². The van der Waals surface area contributed by atoms with Crippen molar-refractivity contribution in [2.75, 3.05) is 18.9 Å². The van der Waals surface area contributed by atoms with Gasteiger partial charge in [-0.2, -0.15) is 29.6 Å². The van der Waals surface area contributed by atoms with Gasteiger partial charge in [0.25, 0.3) is 0 Å². The van der Waals surface area contributed by atoms with Crippen molar-refractivity contribution in [1.82, 2.24) is 0 Å². The highest BCUT2D eigenvalue weighted by Gasteiger charge is 2.25. The van der Waals surface area contributed by atoms with Crippen molar-refractivity contribution in [1.29, 1.82) is 0 Å². The Bertz CT molecular complexity index is 1850. The van der Waals surface area contributed by atoms with Gasteiger partial charge in [-0.1, -0.05) is 12.1 Å². The molecule has 0 aromatic heterocycles. The summed E-state index contributed by atoms with van der Waals surface area (Å²) < 4.78 is 57.2. The fourth-order valence-corrected chi connectivity index (χ4v) is 5.20. The number of phenolic OH excluding ortho intramolecular Hbond substituents is 1. The minimum Gasteiger partial charge on any atom is -0.505 e. The molecule has 0 radical (unpaired) electrons. The van der Waals surface area contributed by atoms with Crippen LogP contribution in [0.3, 0.4) is 0 Å². The van der Waals surface area contributed by atoms with Gasteiger partial charge in [0.1, 0.15) is 33.5 Å². The molecule has 0 aliphatic carbocycles. The molecular formula is C26H27N7O8PS+. The van der Waals surface area contributed by atoms with Crippen LogP contribution in [0.2, 0.25) is 0 Å². The molecule has 0 spiro atoms. The van der Waals surface area contributed by atoms with Crippen molar-refractivity contribution >= 4 is 62.7 Å². The third kappa shape index (κ3) is 7.09. The quantitative estimate of drug-likeness (QED) is 0.0652. The summed E-state index contributed by atoms with van der Waals surface area (Å²) in [6, 6.07) is 15.0. The van der Waals surface area contributed by atoms with Gasteiger partial charge in [0, 0.05) is 29.3 Å². The predicted octanol–water partition coefficient (Wildman–Crippen LogP) is 5.59. The van der Waals surface area contributed by atoms with Crippen LogP contribution < -0.4 is 32.3 Å². The van der Waals surface area contributed by atoms with E-state index < -0.39 is 34.5 Å². The molecule has 0 bridgehead atoms. The molecule has 0 saturated heterocycles. The number of fused-ring (bicyclic) bond motifs is 1. The number of phenols is 1. The average Bonchev–Trinajstić information content (AvgIpc) is 3.00. The molecule has 0 fully saturated rings. The highest BCUT2D eigenvalue weighted by atomic mass is 32.2. The predicted molar refractivity (Wildman–Crippen MR) is 159 cm³/mol. The number of ether oxygens (including phenoxy) is 2. The Morgan fingerprint density at radius 1 is 0.860 bits per heavy atom. The monoisotopic (exact) mass is 628 g/mol. The molecule has 1 unspecified atom stereocenters. The largest absolute Gasteiger partial charge is 0.567 e. The lowest BCUT2D eigenvalue weighted by atomic mass is 10.1. The van der Waals surface area contributed by atoms with Crippen molar-refractivity contribution in [3.05, 3.63) is 60.7 Å². The van der Waals surface area contributed by atoms with Gasteiger partial charge in [-0.25, -0.2) is 0 Å². The van der Waals surface area contributed by atoms with Crippen molar-refractivity contribution in [3.63, 3.8) is 0 Å². The molecule has 0 aliphatic rings. The van der Waals surface area contributed by atoms with Gasteiger partial charge < -0.3 is 20.3 Å². The number of azo groups is 2. The molecular weight excluding hydrogens is 601 g/mol. The first kappa shape index (κ1) is 31.4. The Labute approximate surface area is 246 Å². The van der Waals surface area contributed by atoms with Crippen LogP contribution in [0.5, 0.6) is 17.2 Å². The van der Waals surface area contributed by atoms with E-state index in [4.69, 9.17) is 27.0 Å².